The summed E-state index contributed by atoms with van der Waals surface area (Å²) in [6, 6.07) is 10.1. The molecule has 4 atom stereocenters. The molecule has 0 radical (unpaired) electrons. The van der Waals surface area contributed by atoms with E-state index in [9.17, 15) is 8.78 Å². The van der Waals surface area contributed by atoms with Crippen LogP contribution in [-0.2, 0) is 0 Å². The van der Waals surface area contributed by atoms with Gasteiger partial charge in [-0.3, -0.25) is 0 Å². The van der Waals surface area contributed by atoms with Crippen LogP contribution in [0.4, 0.5) is 8.78 Å². The number of halogens is 2. The molecule has 0 saturated heterocycles. The number of rotatable bonds is 7. The van der Waals surface area contributed by atoms with Crippen LogP contribution >= 0.6 is 0 Å². The molecule has 2 aliphatic rings. The molecule has 2 aromatic carbocycles. The molecule has 3 heteroatoms. The summed E-state index contributed by atoms with van der Waals surface area (Å²) >= 11 is 0. The van der Waals surface area contributed by atoms with Gasteiger partial charge in [0.2, 0.25) is 0 Å². The first-order valence-electron chi connectivity index (χ1n) is 13.0. The first-order chi connectivity index (χ1) is 17.1. The third-order valence-electron chi connectivity index (χ3n) is 7.81. The fraction of sp³-hybridized carbons (Fsp3) is 0.438. The second-order valence-electron chi connectivity index (χ2n) is 10.1. The monoisotopic (exact) mass is 474 g/mol. The number of allylic oxidation sites excluding steroid dienone is 2. The zero-order valence-electron chi connectivity index (χ0n) is 20.7. The smallest absolute Gasteiger partial charge is 0.166 e. The van der Waals surface area contributed by atoms with Crippen molar-refractivity contribution in [1.82, 2.24) is 0 Å². The molecule has 2 aromatic rings. The molecule has 0 heterocycles. The van der Waals surface area contributed by atoms with E-state index in [4.69, 9.17) is 4.74 Å². The van der Waals surface area contributed by atoms with E-state index in [1.807, 2.05) is 25.1 Å². The molecule has 0 aliphatic heterocycles. The van der Waals surface area contributed by atoms with Crippen LogP contribution in [-0.4, -0.2) is 6.61 Å². The zero-order chi connectivity index (χ0) is 24.6. The van der Waals surface area contributed by atoms with Crippen molar-refractivity contribution in [2.75, 3.05) is 6.61 Å². The summed E-state index contributed by atoms with van der Waals surface area (Å²) in [5, 5.41) is 0. The molecule has 0 spiro atoms. The Balaban J connectivity index is 1.37. The standard InChI is InChI=1S/C32H36F2O/c1-3-5-7-23-9-12-27-21-28(16-15-26(27)19-23)29-14-13-25(30(33)22-29)11-8-24-10-17-32(31(34)20-24)35-18-6-4-2/h3-4,6,10,13-14,17,20,22-23,26-28H,1,5,7,9,12,15-16,18-19,21H2,2H3/b6-4+. The van der Waals surface area contributed by atoms with Crippen LogP contribution in [0.2, 0.25) is 0 Å². The predicted octanol–water partition coefficient (Wildman–Crippen LogP) is 8.59. The maximum Gasteiger partial charge on any atom is 0.166 e. The van der Waals surface area contributed by atoms with E-state index in [0.29, 0.717) is 23.7 Å². The molecular formula is C32H36F2O. The number of fused-ring (bicyclic) bond motifs is 1. The molecule has 2 fully saturated rings. The normalized spacial score (nSPS) is 23.9. The van der Waals surface area contributed by atoms with Gasteiger partial charge in [-0.25, -0.2) is 8.78 Å². The molecule has 35 heavy (non-hydrogen) atoms. The van der Waals surface area contributed by atoms with Crippen LogP contribution < -0.4 is 4.74 Å². The highest BCUT2D eigenvalue weighted by molar-refractivity contribution is 5.46. The van der Waals surface area contributed by atoms with Crippen LogP contribution in [0.15, 0.2) is 61.2 Å². The van der Waals surface area contributed by atoms with Crippen LogP contribution in [0.5, 0.6) is 5.75 Å². The van der Waals surface area contributed by atoms with Gasteiger partial charge in [0.1, 0.15) is 12.4 Å². The van der Waals surface area contributed by atoms with Gasteiger partial charge < -0.3 is 4.74 Å². The Kier molecular flexibility index (Phi) is 8.80. The minimum atomic E-state index is -0.470. The topological polar surface area (TPSA) is 9.23 Å². The Morgan fingerprint density at radius 2 is 1.80 bits per heavy atom. The first-order valence-corrected chi connectivity index (χ1v) is 13.0. The maximum atomic E-state index is 14.9. The Morgan fingerprint density at radius 3 is 2.57 bits per heavy atom. The predicted molar refractivity (Wildman–Crippen MR) is 139 cm³/mol. The molecule has 2 saturated carbocycles. The lowest BCUT2D eigenvalue weighted by Gasteiger charge is -2.42. The van der Waals surface area contributed by atoms with E-state index in [1.165, 1.54) is 44.6 Å². The highest BCUT2D eigenvalue weighted by atomic mass is 19.1. The van der Waals surface area contributed by atoms with Crippen molar-refractivity contribution in [2.45, 2.75) is 64.2 Å². The Bertz CT molecular complexity index is 1110. The van der Waals surface area contributed by atoms with Gasteiger partial charge in [0, 0.05) is 5.56 Å². The van der Waals surface area contributed by atoms with Gasteiger partial charge in [-0.2, -0.15) is 0 Å². The second kappa shape index (κ2) is 12.2. The Morgan fingerprint density at radius 1 is 0.971 bits per heavy atom. The average molecular weight is 475 g/mol. The van der Waals surface area contributed by atoms with E-state index < -0.39 is 5.82 Å². The lowest BCUT2D eigenvalue weighted by Crippen LogP contribution is -2.30. The van der Waals surface area contributed by atoms with Gasteiger partial charge >= 0.3 is 0 Å². The number of benzene rings is 2. The molecule has 184 valence electrons. The second-order valence-corrected chi connectivity index (χ2v) is 10.1. The van der Waals surface area contributed by atoms with E-state index in [2.05, 4.69) is 18.4 Å². The first kappa shape index (κ1) is 25.2. The van der Waals surface area contributed by atoms with E-state index in [1.54, 1.807) is 30.3 Å². The van der Waals surface area contributed by atoms with Crippen molar-refractivity contribution in [3.05, 3.63) is 89.5 Å². The van der Waals surface area contributed by atoms with Gasteiger partial charge in [0.05, 0.1) is 5.56 Å². The molecule has 0 bridgehead atoms. The fourth-order valence-electron chi connectivity index (χ4n) is 5.86. The molecule has 4 rings (SSSR count). The molecule has 0 aromatic heterocycles. The number of hydrogen-bond acceptors (Lipinski definition) is 1. The van der Waals surface area contributed by atoms with Gasteiger partial charge in [-0.1, -0.05) is 42.6 Å². The highest BCUT2D eigenvalue weighted by Gasteiger charge is 2.35. The quantitative estimate of drug-likeness (QED) is 0.288. The average Bonchev–Trinajstić information content (AvgIpc) is 2.87. The number of ether oxygens (including phenoxy) is 1. The summed E-state index contributed by atoms with van der Waals surface area (Å²) in [6.45, 7) is 6.06. The summed E-state index contributed by atoms with van der Waals surface area (Å²) in [6.07, 6.45) is 15.7. The molecule has 0 N–H and O–H groups in total. The van der Waals surface area contributed by atoms with Gasteiger partial charge in [0.15, 0.2) is 11.6 Å². The van der Waals surface area contributed by atoms with Crippen molar-refractivity contribution in [3.8, 4) is 17.6 Å². The largest absolute Gasteiger partial charge is 0.486 e. The van der Waals surface area contributed by atoms with Crippen molar-refractivity contribution in [3.63, 3.8) is 0 Å². The summed E-state index contributed by atoms with van der Waals surface area (Å²) in [5.74, 6) is 8.08. The highest BCUT2D eigenvalue weighted by Crippen LogP contribution is 2.48. The van der Waals surface area contributed by atoms with Gasteiger partial charge in [-0.05, 0) is 111 Å². The van der Waals surface area contributed by atoms with E-state index >= 15 is 0 Å². The van der Waals surface area contributed by atoms with Gasteiger partial charge in [-0.15, -0.1) is 6.58 Å². The summed E-state index contributed by atoms with van der Waals surface area (Å²) < 4.78 is 34.5. The SMILES string of the molecule is C=CCCC1CCC2CC(c3ccc(C#Cc4ccc(OC/C=C/C)c(F)c4)c(F)c3)CCC2C1. The maximum absolute atomic E-state index is 14.9. The lowest BCUT2D eigenvalue weighted by atomic mass is 9.63. The minimum Gasteiger partial charge on any atom is -0.486 e. The van der Waals surface area contributed by atoms with Crippen molar-refractivity contribution in [1.29, 1.82) is 0 Å². The molecular weight excluding hydrogens is 438 g/mol. The zero-order valence-corrected chi connectivity index (χ0v) is 20.7. The van der Waals surface area contributed by atoms with Crippen LogP contribution in [0.25, 0.3) is 0 Å². The van der Waals surface area contributed by atoms with Crippen LogP contribution in [0, 0.1) is 41.2 Å². The third kappa shape index (κ3) is 6.63. The molecule has 4 unspecified atom stereocenters. The van der Waals surface area contributed by atoms with Gasteiger partial charge in [0.25, 0.3) is 0 Å². The third-order valence-corrected chi connectivity index (χ3v) is 7.81. The minimum absolute atomic E-state index is 0.184. The Labute approximate surface area is 209 Å². The van der Waals surface area contributed by atoms with E-state index in [-0.39, 0.29) is 11.6 Å². The summed E-state index contributed by atoms with van der Waals surface area (Å²) in [5.41, 5.74) is 1.93. The summed E-state index contributed by atoms with van der Waals surface area (Å²) in [4.78, 5) is 0. The lowest BCUT2D eigenvalue weighted by molar-refractivity contribution is 0.115. The molecule has 2 aliphatic carbocycles. The van der Waals surface area contributed by atoms with Crippen LogP contribution in [0.3, 0.4) is 0 Å². The number of hydrogen-bond donors (Lipinski definition) is 0. The van der Waals surface area contributed by atoms with Crippen LogP contribution in [0.1, 0.15) is 80.9 Å². The fourth-order valence-corrected chi connectivity index (χ4v) is 5.86. The summed E-state index contributed by atoms with van der Waals surface area (Å²) in [7, 11) is 0. The molecule has 1 nitrogen and oxygen atoms in total. The van der Waals surface area contributed by atoms with Crippen molar-refractivity contribution in [2.24, 2.45) is 17.8 Å². The molecule has 0 amide bonds. The van der Waals surface area contributed by atoms with Crippen molar-refractivity contribution >= 4 is 0 Å². The van der Waals surface area contributed by atoms with Crippen molar-refractivity contribution < 1.29 is 13.5 Å². The van der Waals surface area contributed by atoms with E-state index in [0.717, 1.165) is 36.2 Å². The Hall–Kier alpha value is -2.86.